The lowest BCUT2D eigenvalue weighted by Crippen LogP contribution is -2.26. The van der Waals surface area contributed by atoms with Crippen LogP contribution in [-0.2, 0) is 11.2 Å². The molecule has 26 heavy (non-hydrogen) atoms. The van der Waals surface area contributed by atoms with E-state index in [0.717, 1.165) is 16.3 Å². The summed E-state index contributed by atoms with van der Waals surface area (Å²) >= 11 is 0. The Hall–Kier alpha value is -3.01. The first-order valence-electron chi connectivity index (χ1n) is 8.65. The average Bonchev–Trinajstić information content (AvgIpc) is 2.67. The van der Waals surface area contributed by atoms with Gasteiger partial charge in [0.25, 0.3) is 0 Å². The molecule has 0 aliphatic carbocycles. The third-order valence-corrected chi connectivity index (χ3v) is 4.30. The van der Waals surface area contributed by atoms with Gasteiger partial charge < -0.3 is 5.32 Å². The molecule has 0 saturated carbocycles. The zero-order chi connectivity index (χ0) is 18.4. The number of amides is 1. The summed E-state index contributed by atoms with van der Waals surface area (Å²) in [4.78, 5) is 24.2. The standard InChI is InChI=1S/C22H20FNO2/c23-20-9-5-16(6-10-20)13-14-24-22(26)12-11-21(25)19-8-7-17-3-1-2-4-18(17)15-19/h1-10,15H,11-14H2,(H,24,26). The minimum absolute atomic E-state index is 0.0376. The normalized spacial score (nSPS) is 10.7. The predicted octanol–water partition coefficient (Wildman–Crippen LogP) is 4.30. The van der Waals surface area contributed by atoms with Crippen molar-refractivity contribution >= 4 is 22.5 Å². The number of fused-ring (bicyclic) bond motifs is 1. The Balaban J connectivity index is 1.45. The zero-order valence-corrected chi connectivity index (χ0v) is 14.4. The lowest BCUT2D eigenvalue weighted by atomic mass is 10.0. The molecule has 0 unspecified atom stereocenters. The van der Waals surface area contributed by atoms with E-state index in [1.54, 1.807) is 18.2 Å². The molecule has 4 heteroatoms. The Bertz CT molecular complexity index is 919. The largest absolute Gasteiger partial charge is 0.356 e. The first-order chi connectivity index (χ1) is 12.6. The van der Waals surface area contributed by atoms with Crippen molar-refractivity contribution in [2.75, 3.05) is 6.54 Å². The highest BCUT2D eigenvalue weighted by atomic mass is 19.1. The third kappa shape index (κ3) is 4.76. The number of hydrogen-bond donors (Lipinski definition) is 1. The minimum Gasteiger partial charge on any atom is -0.356 e. The van der Waals surface area contributed by atoms with Crippen LogP contribution in [0.1, 0.15) is 28.8 Å². The van der Waals surface area contributed by atoms with Gasteiger partial charge in [0.05, 0.1) is 0 Å². The molecule has 0 aliphatic heterocycles. The zero-order valence-electron chi connectivity index (χ0n) is 14.4. The Morgan fingerprint density at radius 1 is 0.846 bits per heavy atom. The molecule has 3 nitrogen and oxygen atoms in total. The van der Waals surface area contributed by atoms with Gasteiger partial charge in [-0.1, -0.05) is 48.5 Å². The number of rotatable bonds is 7. The van der Waals surface area contributed by atoms with Gasteiger partial charge in [-0.05, 0) is 41.0 Å². The SMILES string of the molecule is O=C(CCC(=O)c1ccc2ccccc2c1)NCCc1ccc(F)cc1. The van der Waals surface area contributed by atoms with Gasteiger partial charge in [-0.25, -0.2) is 4.39 Å². The molecule has 0 atom stereocenters. The van der Waals surface area contributed by atoms with Crippen LogP contribution in [-0.4, -0.2) is 18.2 Å². The maximum Gasteiger partial charge on any atom is 0.220 e. The number of carbonyl (C=O) groups is 2. The number of nitrogens with one attached hydrogen (secondary N) is 1. The molecule has 1 amide bonds. The third-order valence-electron chi connectivity index (χ3n) is 4.30. The van der Waals surface area contributed by atoms with Crippen LogP contribution in [0.3, 0.4) is 0 Å². The van der Waals surface area contributed by atoms with Crippen LogP contribution >= 0.6 is 0 Å². The summed E-state index contributed by atoms with van der Waals surface area (Å²) in [7, 11) is 0. The summed E-state index contributed by atoms with van der Waals surface area (Å²) in [6.45, 7) is 0.467. The molecular weight excluding hydrogens is 329 g/mol. The summed E-state index contributed by atoms with van der Waals surface area (Å²) < 4.78 is 12.8. The monoisotopic (exact) mass is 349 g/mol. The van der Waals surface area contributed by atoms with E-state index in [0.29, 0.717) is 18.5 Å². The number of halogens is 1. The molecule has 0 spiro atoms. The van der Waals surface area contributed by atoms with E-state index in [4.69, 9.17) is 0 Å². The number of Topliss-reactive ketones (excluding diaryl/α,β-unsaturated/α-hetero) is 1. The van der Waals surface area contributed by atoms with E-state index >= 15 is 0 Å². The van der Waals surface area contributed by atoms with Crippen LogP contribution in [0.4, 0.5) is 4.39 Å². The Kier molecular flexibility index (Phi) is 5.74. The summed E-state index contributed by atoms with van der Waals surface area (Å²) in [5, 5.41) is 4.90. The maximum absolute atomic E-state index is 12.8. The van der Waals surface area contributed by atoms with Crippen LogP contribution in [0.25, 0.3) is 10.8 Å². The molecule has 1 N–H and O–H groups in total. The molecule has 0 heterocycles. The highest BCUT2D eigenvalue weighted by molar-refractivity contribution is 6.01. The van der Waals surface area contributed by atoms with E-state index in [9.17, 15) is 14.0 Å². The fourth-order valence-electron chi connectivity index (χ4n) is 2.82. The van der Waals surface area contributed by atoms with Gasteiger partial charge >= 0.3 is 0 Å². The Morgan fingerprint density at radius 2 is 1.58 bits per heavy atom. The lowest BCUT2D eigenvalue weighted by Gasteiger charge is -2.06. The van der Waals surface area contributed by atoms with Gasteiger partial charge in [0.15, 0.2) is 5.78 Å². The first kappa shape index (κ1) is 17.8. The Morgan fingerprint density at radius 3 is 2.35 bits per heavy atom. The molecule has 0 radical (unpaired) electrons. The second kappa shape index (κ2) is 8.39. The molecule has 3 aromatic rings. The van der Waals surface area contributed by atoms with E-state index in [2.05, 4.69) is 5.32 Å². The summed E-state index contributed by atoms with van der Waals surface area (Å²) in [6, 6.07) is 19.7. The summed E-state index contributed by atoms with van der Waals surface area (Å²) in [6.07, 6.45) is 0.973. The van der Waals surface area contributed by atoms with Crippen molar-refractivity contribution in [1.82, 2.24) is 5.32 Å². The van der Waals surface area contributed by atoms with Crippen LogP contribution in [0.5, 0.6) is 0 Å². The van der Waals surface area contributed by atoms with Gasteiger partial charge in [0.2, 0.25) is 5.91 Å². The molecule has 0 fully saturated rings. The molecular formula is C22H20FNO2. The van der Waals surface area contributed by atoms with E-state index < -0.39 is 0 Å². The number of carbonyl (C=O) groups excluding carboxylic acids is 2. The van der Waals surface area contributed by atoms with Crippen molar-refractivity contribution in [2.24, 2.45) is 0 Å². The molecule has 0 saturated heterocycles. The van der Waals surface area contributed by atoms with Crippen molar-refractivity contribution in [2.45, 2.75) is 19.3 Å². The molecule has 0 aliphatic rings. The minimum atomic E-state index is -0.273. The first-order valence-corrected chi connectivity index (χ1v) is 8.65. The topological polar surface area (TPSA) is 46.2 Å². The molecule has 132 valence electrons. The van der Waals surface area contributed by atoms with Crippen molar-refractivity contribution in [3.8, 4) is 0 Å². The fraction of sp³-hybridized carbons (Fsp3) is 0.182. The second-order valence-electron chi connectivity index (χ2n) is 6.21. The molecule has 0 bridgehead atoms. The van der Waals surface area contributed by atoms with Crippen molar-refractivity contribution < 1.29 is 14.0 Å². The van der Waals surface area contributed by atoms with Gasteiger partial charge in [0.1, 0.15) is 5.82 Å². The highest BCUT2D eigenvalue weighted by Gasteiger charge is 2.10. The quantitative estimate of drug-likeness (QED) is 0.647. The molecule has 3 rings (SSSR count). The van der Waals surface area contributed by atoms with Crippen LogP contribution in [0.15, 0.2) is 66.7 Å². The van der Waals surface area contributed by atoms with E-state index in [-0.39, 0.29) is 30.3 Å². The van der Waals surface area contributed by atoms with Crippen LogP contribution in [0, 0.1) is 5.82 Å². The summed E-state index contributed by atoms with van der Waals surface area (Å²) in [5.41, 5.74) is 1.58. The predicted molar refractivity (Wildman–Crippen MR) is 101 cm³/mol. The van der Waals surface area contributed by atoms with Crippen molar-refractivity contribution in [3.05, 3.63) is 83.7 Å². The van der Waals surface area contributed by atoms with Gasteiger partial charge in [-0.3, -0.25) is 9.59 Å². The maximum atomic E-state index is 12.8. The Labute approximate surface area is 151 Å². The van der Waals surface area contributed by atoms with Crippen LogP contribution < -0.4 is 5.32 Å². The van der Waals surface area contributed by atoms with E-state index in [1.807, 2.05) is 36.4 Å². The van der Waals surface area contributed by atoms with Gasteiger partial charge in [0, 0.05) is 24.9 Å². The smallest absolute Gasteiger partial charge is 0.220 e. The second-order valence-corrected chi connectivity index (χ2v) is 6.21. The van der Waals surface area contributed by atoms with Crippen molar-refractivity contribution in [1.29, 1.82) is 0 Å². The molecule has 3 aromatic carbocycles. The van der Waals surface area contributed by atoms with Crippen molar-refractivity contribution in [3.63, 3.8) is 0 Å². The average molecular weight is 349 g/mol. The van der Waals surface area contributed by atoms with Gasteiger partial charge in [-0.2, -0.15) is 0 Å². The van der Waals surface area contributed by atoms with E-state index in [1.165, 1.54) is 12.1 Å². The number of benzene rings is 3. The van der Waals surface area contributed by atoms with Gasteiger partial charge in [-0.15, -0.1) is 0 Å². The lowest BCUT2D eigenvalue weighted by molar-refractivity contribution is -0.121. The fourth-order valence-corrected chi connectivity index (χ4v) is 2.82. The number of ketones is 1. The highest BCUT2D eigenvalue weighted by Crippen LogP contribution is 2.17. The summed E-state index contributed by atoms with van der Waals surface area (Å²) in [5.74, 6) is -0.462. The van der Waals surface area contributed by atoms with Crippen LogP contribution in [0.2, 0.25) is 0 Å². The molecule has 0 aromatic heterocycles. The number of hydrogen-bond acceptors (Lipinski definition) is 2.